The van der Waals surface area contributed by atoms with Crippen LogP contribution in [0.1, 0.15) is 31.7 Å². The number of ether oxygens (including phenoxy) is 2. The third-order valence-electron chi connectivity index (χ3n) is 5.83. The number of Topliss-reactive ketones (excluding diaryl/α,β-unsaturated/α-hetero) is 1. The lowest BCUT2D eigenvalue weighted by molar-refractivity contribution is -0.153. The third kappa shape index (κ3) is 4.99. The number of hydrogen-bond donors (Lipinski definition) is 0. The van der Waals surface area contributed by atoms with Gasteiger partial charge in [0.1, 0.15) is 11.7 Å². The Labute approximate surface area is 177 Å². The van der Waals surface area contributed by atoms with Crippen LogP contribution in [-0.4, -0.2) is 49.6 Å². The topological polar surface area (TPSA) is 72.9 Å². The summed E-state index contributed by atoms with van der Waals surface area (Å²) in [5, 5.41) is 2.28. The molecule has 1 unspecified atom stereocenters. The zero-order chi connectivity index (χ0) is 21.5. The summed E-state index contributed by atoms with van der Waals surface area (Å²) in [5.74, 6) is -1.54. The van der Waals surface area contributed by atoms with Crippen LogP contribution in [0.2, 0.25) is 0 Å². The Morgan fingerprint density at radius 3 is 2.47 bits per heavy atom. The second-order valence-corrected chi connectivity index (χ2v) is 7.62. The summed E-state index contributed by atoms with van der Waals surface area (Å²) in [6.07, 6.45) is 1.75. The molecule has 2 aromatic rings. The molecule has 0 aromatic heterocycles. The van der Waals surface area contributed by atoms with Crippen LogP contribution in [0.3, 0.4) is 0 Å². The Morgan fingerprint density at radius 2 is 1.77 bits per heavy atom. The number of methoxy groups -OCH3 is 1. The predicted octanol–water partition coefficient (Wildman–Crippen LogP) is 4.00. The number of fused-ring (bicyclic) bond motifs is 1. The lowest BCUT2D eigenvalue weighted by Gasteiger charge is -2.31. The maximum absolute atomic E-state index is 13.2. The number of nitrogens with zero attached hydrogens (tertiary/aromatic N) is 1. The van der Waals surface area contributed by atoms with E-state index in [0.29, 0.717) is 38.8 Å². The highest BCUT2D eigenvalue weighted by molar-refractivity contribution is 6.00. The fourth-order valence-corrected chi connectivity index (χ4v) is 4.19. The fraction of sp³-hybridized carbons (Fsp3) is 0.458. The normalized spacial score (nSPS) is 15.6. The third-order valence-corrected chi connectivity index (χ3v) is 5.83. The van der Waals surface area contributed by atoms with Crippen molar-refractivity contribution in [3.63, 3.8) is 0 Å². The summed E-state index contributed by atoms with van der Waals surface area (Å²) in [4.78, 5) is 39.1. The first kappa shape index (κ1) is 21.8. The second-order valence-electron chi connectivity index (χ2n) is 7.62. The molecular formula is C24H29NO5. The Kier molecular flexibility index (Phi) is 7.44. The van der Waals surface area contributed by atoms with Crippen molar-refractivity contribution >= 4 is 28.6 Å². The van der Waals surface area contributed by atoms with E-state index in [4.69, 9.17) is 9.47 Å². The summed E-state index contributed by atoms with van der Waals surface area (Å²) in [5.41, 5.74) is 1.12. The molecule has 1 saturated heterocycles. The Balaban J connectivity index is 1.71. The van der Waals surface area contributed by atoms with Gasteiger partial charge in [0, 0.05) is 19.0 Å². The fourth-order valence-electron chi connectivity index (χ4n) is 4.19. The average Bonchev–Trinajstić information content (AvgIpc) is 2.79. The number of rotatable bonds is 7. The summed E-state index contributed by atoms with van der Waals surface area (Å²) in [7, 11) is 1.35. The van der Waals surface area contributed by atoms with Gasteiger partial charge in [-0.3, -0.25) is 9.59 Å². The number of likely N-dealkylation sites (tertiary alicyclic amines) is 1. The van der Waals surface area contributed by atoms with Crippen LogP contribution in [0.25, 0.3) is 10.8 Å². The molecule has 160 valence electrons. The Morgan fingerprint density at radius 1 is 1.07 bits per heavy atom. The number of aryl methyl sites for hydroxylation is 1. The number of benzene rings is 2. The number of amides is 1. The zero-order valence-corrected chi connectivity index (χ0v) is 17.6. The van der Waals surface area contributed by atoms with Crippen LogP contribution < -0.4 is 0 Å². The lowest BCUT2D eigenvalue weighted by Crippen LogP contribution is -2.42. The molecule has 1 aliphatic rings. The molecule has 0 N–H and O–H groups in total. The molecule has 1 heterocycles. The quantitative estimate of drug-likeness (QED) is 0.509. The van der Waals surface area contributed by atoms with Gasteiger partial charge in [0.05, 0.1) is 13.7 Å². The van der Waals surface area contributed by atoms with E-state index in [1.165, 1.54) is 7.11 Å². The van der Waals surface area contributed by atoms with E-state index in [9.17, 15) is 14.4 Å². The van der Waals surface area contributed by atoms with Crippen LogP contribution in [-0.2, 0) is 25.5 Å². The summed E-state index contributed by atoms with van der Waals surface area (Å²) in [6.45, 7) is 2.92. The number of esters is 1. The van der Waals surface area contributed by atoms with Crippen molar-refractivity contribution in [1.29, 1.82) is 0 Å². The molecule has 1 fully saturated rings. The first-order valence-corrected chi connectivity index (χ1v) is 10.5. The van der Waals surface area contributed by atoms with Gasteiger partial charge in [0.25, 0.3) is 0 Å². The van der Waals surface area contributed by atoms with Crippen molar-refractivity contribution in [2.45, 2.75) is 32.6 Å². The van der Waals surface area contributed by atoms with Gasteiger partial charge >= 0.3 is 12.1 Å². The summed E-state index contributed by atoms with van der Waals surface area (Å²) >= 11 is 0. The number of ketones is 1. The number of hydrogen-bond acceptors (Lipinski definition) is 5. The van der Waals surface area contributed by atoms with Crippen LogP contribution in [0, 0.1) is 11.8 Å². The van der Waals surface area contributed by atoms with E-state index < -0.39 is 11.9 Å². The van der Waals surface area contributed by atoms with E-state index in [1.807, 2.05) is 24.3 Å². The van der Waals surface area contributed by atoms with Gasteiger partial charge in [-0.1, -0.05) is 42.5 Å². The molecule has 3 rings (SSSR count). The van der Waals surface area contributed by atoms with E-state index in [1.54, 1.807) is 11.8 Å². The van der Waals surface area contributed by atoms with Gasteiger partial charge in [-0.15, -0.1) is 0 Å². The Hall–Kier alpha value is -2.89. The van der Waals surface area contributed by atoms with Gasteiger partial charge in [0.15, 0.2) is 0 Å². The molecule has 0 aliphatic carbocycles. The molecule has 1 amide bonds. The van der Waals surface area contributed by atoms with Crippen LogP contribution >= 0.6 is 0 Å². The van der Waals surface area contributed by atoms with Gasteiger partial charge < -0.3 is 14.4 Å². The van der Waals surface area contributed by atoms with Crippen molar-refractivity contribution in [3.8, 4) is 0 Å². The average molecular weight is 411 g/mol. The van der Waals surface area contributed by atoms with Gasteiger partial charge in [0.2, 0.25) is 0 Å². The predicted molar refractivity (Wildman–Crippen MR) is 114 cm³/mol. The molecule has 2 aromatic carbocycles. The highest BCUT2D eigenvalue weighted by Crippen LogP contribution is 2.27. The Bertz CT molecular complexity index is 896. The minimum atomic E-state index is -0.779. The van der Waals surface area contributed by atoms with Crippen LogP contribution in [0.4, 0.5) is 4.79 Å². The van der Waals surface area contributed by atoms with Crippen LogP contribution in [0.5, 0.6) is 0 Å². The SMILES string of the molecule is CCOC(=O)C(CCc1cccc2ccccc12)C(=O)C1CCN(C(=O)OC)CC1. The van der Waals surface area contributed by atoms with E-state index in [-0.39, 0.29) is 24.4 Å². The number of piperidine rings is 1. The molecule has 0 saturated carbocycles. The largest absolute Gasteiger partial charge is 0.465 e. The van der Waals surface area contributed by atoms with Crippen molar-refractivity contribution in [1.82, 2.24) is 4.90 Å². The van der Waals surface area contributed by atoms with E-state index in [2.05, 4.69) is 18.2 Å². The molecule has 0 spiro atoms. The summed E-state index contributed by atoms with van der Waals surface area (Å²) in [6, 6.07) is 14.2. The highest BCUT2D eigenvalue weighted by atomic mass is 16.5. The molecule has 30 heavy (non-hydrogen) atoms. The molecule has 0 radical (unpaired) electrons. The minimum Gasteiger partial charge on any atom is -0.465 e. The van der Waals surface area contributed by atoms with Crippen LogP contribution in [0.15, 0.2) is 42.5 Å². The van der Waals surface area contributed by atoms with Crippen molar-refractivity contribution < 1.29 is 23.9 Å². The molecule has 6 heteroatoms. The van der Waals surface area contributed by atoms with Gasteiger partial charge in [-0.2, -0.15) is 0 Å². The van der Waals surface area contributed by atoms with Gasteiger partial charge in [-0.05, 0) is 48.9 Å². The van der Waals surface area contributed by atoms with Crippen molar-refractivity contribution in [3.05, 3.63) is 48.0 Å². The first-order valence-electron chi connectivity index (χ1n) is 10.5. The second kappa shape index (κ2) is 10.2. The molecule has 1 aliphatic heterocycles. The molecule has 6 nitrogen and oxygen atoms in total. The first-order chi connectivity index (χ1) is 14.5. The smallest absolute Gasteiger partial charge is 0.409 e. The van der Waals surface area contributed by atoms with Crippen molar-refractivity contribution in [2.24, 2.45) is 11.8 Å². The molecular weight excluding hydrogens is 382 g/mol. The lowest BCUT2D eigenvalue weighted by atomic mass is 9.83. The number of carbonyl (C=O) groups excluding carboxylic acids is 3. The molecule has 1 atom stereocenters. The standard InChI is InChI=1S/C24H29NO5/c1-3-30-23(27)21(22(26)19-13-15-25(16-14-19)24(28)29-2)12-11-18-9-6-8-17-7-4-5-10-20(17)18/h4-10,19,21H,3,11-16H2,1-2H3. The highest BCUT2D eigenvalue weighted by Gasteiger charge is 2.36. The number of carbonyl (C=O) groups is 3. The van der Waals surface area contributed by atoms with Gasteiger partial charge in [-0.25, -0.2) is 4.79 Å². The minimum absolute atomic E-state index is 0.0711. The maximum atomic E-state index is 13.2. The zero-order valence-electron chi connectivity index (χ0n) is 17.6. The maximum Gasteiger partial charge on any atom is 0.409 e. The van der Waals surface area contributed by atoms with E-state index in [0.717, 1.165) is 16.3 Å². The van der Waals surface area contributed by atoms with Crippen molar-refractivity contribution in [2.75, 3.05) is 26.8 Å². The molecule has 0 bridgehead atoms. The van der Waals surface area contributed by atoms with E-state index >= 15 is 0 Å². The summed E-state index contributed by atoms with van der Waals surface area (Å²) < 4.78 is 9.98. The monoisotopic (exact) mass is 411 g/mol.